The van der Waals surface area contributed by atoms with Crippen LogP contribution in [0.2, 0.25) is 0 Å². The minimum atomic E-state index is -0.490. The lowest BCUT2D eigenvalue weighted by Gasteiger charge is -2.22. The molecule has 0 aliphatic carbocycles. The van der Waals surface area contributed by atoms with Crippen LogP contribution < -0.4 is 10.1 Å². The lowest BCUT2D eigenvalue weighted by Crippen LogP contribution is -2.39. The van der Waals surface area contributed by atoms with E-state index < -0.39 is 6.10 Å². The van der Waals surface area contributed by atoms with E-state index in [1.54, 1.807) is 0 Å². The van der Waals surface area contributed by atoms with Crippen molar-refractivity contribution in [3.63, 3.8) is 0 Å². The Hall–Kier alpha value is -2.29. The van der Waals surface area contributed by atoms with E-state index in [1.807, 2.05) is 39.0 Å². The maximum atomic E-state index is 12.7. The molecule has 2 aromatic carbocycles. The smallest absolute Gasteiger partial charge is 0.261 e. The first-order valence-corrected chi connectivity index (χ1v) is 8.93. The maximum Gasteiger partial charge on any atom is 0.261 e. The summed E-state index contributed by atoms with van der Waals surface area (Å²) in [6.07, 6.45) is 0.133. The summed E-state index contributed by atoms with van der Waals surface area (Å²) < 4.78 is 5.94. The second-order valence-corrected chi connectivity index (χ2v) is 6.85. The maximum absolute atomic E-state index is 12.7. The Morgan fingerprint density at radius 1 is 1.00 bits per heavy atom. The number of carbonyl (C=O) groups excluding carboxylic acids is 1. The zero-order chi connectivity index (χ0) is 18.6. The Labute approximate surface area is 151 Å². The van der Waals surface area contributed by atoms with Crippen molar-refractivity contribution in [3.05, 3.63) is 64.2 Å². The molecule has 0 heterocycles. The second-order valence-electron chi connectivity index (χ2n) is 6.85. The Kier molecular flexibility index (Phi) is 6.24. The third kappa shape index (κ3) is 4.85. The predicted octanol–water partition coefficient (Wildman–Crippen LogP) is 4.96. The first kappa shape index (κ1) is 19.0. The summed E-state index contributed by atoms with van der Waals surface area (Å²) in [4.78, 5) is 12.7. The van der Waals surface area contributed by atoms with Crippen LogP contribution in [0.5, 0.6) is 5.75 Å². The van der Waals surface area contributed by atoms with E-state index in [0.717, 1.165) is 16.9 Å². The highest BCUT2D eigenvalue weighted by Gasteiger charge is 2.21. The van der Waals surface area contributed by atoms with Gasteiger partial charge in [-0.3, -0.25) is 4.79 Å². The van der Waals surface area contributed by atoms with Crippen LogP contribution in [0.1, 0.15) is 54.1 Å². The molecule has 0 saturated heterocycles. The van der Waals surface area contributed by atoms with E-state index in [-0.39, 0.29) is 11.9 Å². The first-order chi connectivity index (χ1) is 11.8. The number of carbonyl (C=O) groups is 1. The zero-order valence-corrected chi connectivity index (χ0v) is 16.1. The summed E-state index contributed by atoms with van der Waals surface area (Å²) >= 11 is 0. The van der Waals surface area contributed by atoms with Crippen LogP contribution in [0.25, 0.3) is 0 Å². The molecule has 0 radical (unpaired) electrons. The lowest BCUT2D eigenvalue weighted by molar-refractivity contribution is -0.128. The average Bonchev–Trinajstić information content (AvgIpc) is 2.55. The largest absolute Gasteiger partial charge is 0.481 e. The summed E-state index contributed by atoms with van der Waals surface area (Å²) in [5.74, 6) is 0.664. The van der Waals surface area contributed by atoms with Crippen LogP contribution in [-0.4, -0.2) is 12.0 Å². The number of ether oxygens (including phenoxy) is 1. The van der Waals surface area contributed by atoms with Gasteiger partial charge in [-0.2, -0.15) is 0 Å². The number of aryl methyl sites for hydroxylation is 4. The number of amides is 1. The van der Waals surface area contributed by atoms with E-state index >= 15 is 0 Å². The molecule has 0 aliphatic heterocycles. The van der Waals surface area contributed by atoms with Gasteiger partial charge in [-0.1, -0.05) is 36.8 Å². The summed E-state index contributed by atoms with van der Waals surface area (Å²) in [5.41, 5.74) is 5.94. The van der Waals surface area contributed by atoms with E-state index in [0.29, 0.717) is 6.42 Å². The van der Waals surface area contributed by atoms with Crippen molar-refractivity contribution in [3.8, 4) is 5.75 Å². The third-order valence-corrected chi connectivity index (χ3v) is 4.67. The minimum absolute atomic E-state index is 0.0505. The molecule has 2 atom stereocenters. The number of hydrogen-bond acceptors (Lipinski definition) is 2. The summed E-state index contributed by atoms with van der Waals surface area (Å²) in [5, 5.41) is 3.09. The fraction of sp³-hybridized carbons (Fsp3) is 0.409. The van der Waals surface area contributed by atoms with Crippen molar-refractivity contribution in [1.82, 2.24) is 5.32 Å². The van der Waals surface area contributed by atoms with Crippen LogP contribution in [0, 0.1) is 27.7 Å². The van der Waals surface area contributed by atoms with Gasteiger partial charge in [0, 0.05) is 0 Å². The van der Waals surface area contributed by atoms with Crippen LogP contribution in [0.4, 0.5) is 0 Å². The molecule has 0 saturated carbocycles. The standard InChI is InChI=1S/C22H29NO2/c1-7-21(25-19-10-9-15(3)16(4)13-19)22(24)23-18(6)20-11-8-14(2)12-17(20)5/h8-13,18,21H,7H2,1-6H3,(H,23,24). The quantitative estimate of drug-likeness (QED) is 0.808. The van der Waals surface area contributed by atoms with Gasteiger partial charge in [-0.25, -0.2) is 0 Å². The number of hydrogen-bond donors (Lipinski definition) is 1. The average molecular weight is 339 g/mol. The summed E-state index contributed by atoms with van der Waals surface area (Å²) in [7, 11) is 0. The normalized spacial score (nSPS) is 13.2. The Morgan fingerprint density at radius 3 is 2.32 bits per heavy atom. The Bertz CT molecular complexity index is 752. The summed E-state index contributed by atoms with van der Waals surface area (Å²) in [6, 6.07) is 12.2. The fourth-order valence-electron chi connectivity index (χ4n) is 2.97. The lowest BCUT2D eigenvalue weighted by atomic mass is 10.00. The van der Waals surface area contributed by atoms with Crippen molar-refractivity contribution >= 4 is 5.91 Å². The first-order valence-electron chi connectivity index (χ1n) is 8.93. The van der Waals surface area contributed by atoms with Crippen molar-refractivity contribution in [2.75, 3.05) is 0 Å². The highest BCUT2D eigenvalue weighted by Crippen LogP contribution is 2.21. The molecule has 3 heteroatoms. The molecule has 25 heavy (non-hydrogen) atoms. The van der Waals surface area contributed by atoms with Crippen LogP contribution >= 0.6 is 0 Å². The third-order valence-electron chi connectivity index (χ3n) is 4.67. The second kappa shape index (κ2) is 8.19. The molecule has 1 amide bonds. The molecule has 0 bridgehead atoms. The SMILES string of the molecule is CCC(Oc1ccc(C)c(C)c1)C(=O)NC(C)c1ccc(C)cc1C. The topological polar surface area (TPSA) is 38.3 Å². The van der Waals surface area contributed by atoms with Gasteiger partial charge in [0.05, 0.1) is 6.04 Å². The van der Waals surface area contributed by atoms with E-state index in [4.69, 9.17) is 4.74 Å². The highest BCUT2D eigenvalue weighted by molar-refractivity contribution is 5.81. The Balaban J connectivity index is 2.07. The molecule has 0 aliphatic rings. The van der Waals surface area contributed by atoms with Gasteiger partial charge in [-0.15, -0.1) is 0 Å². The van der Waals surface area contributed by atoms with Crippen molar-refractivity contribution in [1.29, 1.82) is 0 Å². The number of rotatable bonds is 6. The highest BCUT2D eigenvalue weighted by atomic mass is 16.5. The summed E-state index contributed by atoms with van der Waals surface area (Å²) in [6.45, 7) is 12.2. The Morgan fingerprint density at radius 2 is 1.72 bits per heavy atom. The molecule has 2 unspecified atom stereocenters. The van der Waals surface area contributed by atoms with Gasteiger partial charge in [0.1, 0.15) is 5.75 Å². The molecule has 0 spiro atoms. The molecule has 3 nitrogen and oxygen atoms in total. The zero-order valence-electron chi connectivity index (χ0n) is 16.1. The van der Waals surface area contributed by atoms with Gasteiger partial charge in [0.2, 0.25) is 0 Å². The van der Waals surface area contributed by atoms with Crippen LogP contribution in [0.3, 0.4) is 0 Å². The molecule has 2 rings (SSSR count). The number of nitrogens with one attached hydrogen (secondary N) is 1. The van der Waals surface area contributed by atoms with Crippen molar-refractivity contribution < 1.29 is 9.53 Å². The molecular formula is C22H29NO2. The van der Waals surface area contributed by atoms with Crippen LogP contribution in [0.15, 0.2) is 36.4 Å². The fourth-order valence-corrected chi connectivity index (χ4v) is 2.97. The molecule has 1 N–H and O–H groups in total. The molecule has 0 aromatic heterocycles. The predicted molar refractivity (Wildman–Crippen MR) is 103 cm³/mol. The van der Waals surface area contributed by atoms with Gasteiger partial charge in [-0.05, 0) is 75.4 Å². The van der Waals surface area contributed by atoms with Crippen molar-refractivity contribution in [2.24, 2.45) is 0 Å². The van der Waals surface area contributed by atoms with E-state index in [9.17, 15) is 4.79 Å². The van der Waals surface area contributed by atoms with Gasteiger partial charge < -0.3 is 10.1 Å². The molecule has 2 aromatic rings. The van der Waals surface area contributed by atoms with E-state index in [2.05, 4.69) is 44.3 Å². The number of benzene rings is 2. The molecule has 134 valence electrons. The van der Waals surface area contributed by atoms with Crippen LogP contribution in [-0.2, 0) is 4.79 Å². The minimum Gasteiger partial charge on any atom is -0.481 e. The van der Waals surface area contributed by atoms with Gasteiger partial charge >= 0.3 is 0 Å². The molecule has 0 fully saturated rings. The monoisotopic (exact) mass is 339 g/mol. The molecular weight excluding hydrogens is 310 g/mol. The van der Waals surface area contributed by atoms with Crippen molar-refractivity contribution in [2.45, 2.75) is 60.1 Å². The van der Waals surface area contributed by atoms with Gasteiger partial charge in [0.15, 0.2) is 6.10 Å². The van der Waals surface area contributed by atoms with Gasteiger partial charge in [0.25, 0.3) is 5.91 Å². The van der Waals surface area contributed by atoms with E-state index in [1.165, 1.54) is 16.7 Å².